The molecule has 0 atom stereocenters. The van der Waals surface area contributed by atoms with Gasteiger partial charge in [-0.3, -0.25) is 0 Å². The van der Waals surface area contributed by atoms with Crippen LogP contribution in [0.25, 0.3) is 22.3 Å². The Kier molecular flexibility index (Phi) is 6.83. The zero-order valence-corrected chi connectivity index (χ0v) is 15.4. The summed E-state index contributed by atoms with van der Waals surface area (Å²) in [5, 5.41) is 0. The van der Waals surface area contributed by atoms with Gasteiger partial charge in [-0.25, -0.2) is 8.78 Å². The van der Waals surface area contributed by atoms with Gasteiger partial charge in [0.2, 0.25) is 5.82 Å². The molecule has 27 heavy (non-hydrogen) atoms. The van der Waals surface area contributed by atoms with Crippen LogP contribution in [0.3, 0.4) is 0 Å². The van der Waals surface area contributed by atoms with Crippen molar-refractivity contribution >= 4 is 0 Å². The van der Waals surface area contributed by atoms with Crippen LogP contribution in [0.1, 0.15) is 12.5 Å². The normalized spacial score (nSPS) is 10.1. The van der Waals surface area contributed by atoms with Crippen LogP contribution in [0.2, 0.25) is 0 Å². The van der Waals surface area contributed by atoms with Crippen molar-refractivity contribution < 1.29 is 17.9 Å². The molecule has 0 fully saturated rings. The summed E-state index contributed by atoms with van der Waals surface area (Å²) in [4.78, 5) is 0. The Hall–Kier alpha value is -3.01. The zero-order valence-electron chi connectivity index (χ0n) is 15.4. The highest BCUT2D eigenvalue weighted by Gasteiger charge is 2.18. The van der Waals surface area contributed by atoms with Gasteiger partial charge < -0.3 is 4.74 Å². The topological polar surface area (TPSA) is 9.23 Å². The van der Waals surface area contributed by atoms with E-state index in [2.05, 4.69) is 13.2 Å². The van der Waals surface area contributed by atoms with Crippen LogP contribution in [0.4, 0.5) is 13.2 Å². The molecule has 3 aromatic rings. The number of hydrogen-bond donors (Lipinski definition) is 0. The quantitative estimate of drug-likeness (QED) is 0.452. The third-order valence-corrected chi connectivity index (χ3v) is 3.99. The van der Waals surface area contributed by atoms with E-state index in [4.69, 9.17) is 4.74 Å². The molecule has 3 aromatic carbocycles. The van der Waals surface area contributed by atoms with E-state index >= 15 is 0 Å². The fourth-order valence-corrected chi connectivity index (χ4v) is 2.67. The molecule has 0 aliphatic carbocycles. The number of benzene rings is 3. The molecule has 0 saturated heterocycles. The summed E-state index contributed by atoms with van der Waals surface area (Å²) in [6.07, 6.45) is 0. The molecule has 0 saturated carbocycles. The summed E-state index contributed by atoms with van der Waals surface area (Å²) in [5.74, 6) is -3.02. The third-order valence-electron chi connectivity index (χ3n) is 3.99. The lowest BCUT2D eigenvalue weighted by atomic mass is 9.98. The number of ether oxygens (including phenoxy) is 1. The molecule has 0 radical (unpaired) electrons. The van der Waals surface area contributed by atoms with Gasteiger partial charge in [0.25, 0.3) is 0 Å². The van der Waals surface area contributed by atoms with E-state index in [0.29, 0.717) is 5.56 Å². The number of halogens is 3. The molecule has 0 unspecified atom stereocenters. The lowest BCUT2D eigenvalue weighted by Crippen LogP contribution is -1.99. The zero-order chi connectivity index (χ0) is 20.0. The second-order valence-electron chi connectivity index (χ2n) is 5.73. The van der Waals surface area contributed by atoms with E-state index in [0.717, 1.165) is 11.1 Å². The van der Waals surface area contributed by atoms with Crippen LogP contribution in [0.15, 0.2) is 67.8 Å². The molecule has 0 heterocycles. The van der Waals surface area contributed by atoms with Gasteiger partial charge in [-0.05, 0) is 43.2 Å². The summed E-state index contributed by atoms with van der Waals surface area (Å²) in [6, 6.07) is 14.8. The van der Waals surface area contributed by atoms with Crippen molar-refractivity contribution in [2.45, 2.75) is 13.8 Å². The van der Waals surface area contributed by atoms with Crippen molar-refractivity contribution in [3.05, 3.63) is 90.8 Å². The Bertz CT molecular complexity index is 918. The minimum absolute atomic E-state index is 0.00955. The first kappa shape index (κ1) is 20.3. The highest BCUT2D eigenvalue weighted by atomic mass is 19.2. The molecule has 0 amide bonds. The summed E-state index contributed by atoms with van der Waals surface area (Å²) >= 11 is 0. The maximum atomic E-state index is 14.5. The SMILES string of the molecule is C=C.CCOc1ccc(-c2ccc(-c3ccc(C)cc3)cc2F)c(F)c1F. The molecule has 0 aliphatic rings. The summed E-state index contributed by atoms with van der Waals surface area (Å²) in [7, 11) is 0. The minimum Gasteiger partial charge on any atom is -0.491 e. The summed E-state index contributed by atoms with van der Waals surface area (Å²) in [6.45, 7) is 9.86. The van der Waals surface area contributed by atoms with Crippen molar-refractivity contribution in [2.24, 2.45) is 0 Å². The molecule has 3 rings (SSSR count). The standard InChI is InChI=1S/C21H17F3O.C2H4/c1-3-25-19-11-10-17(20(23)21(19)24)16-9-8-15(12-18(16)22)14-6-4-13(2)5-7-14;1-2/h4-12H,3H2,1-2H3;1-2H2. The van der Waals surface area contributed by atoms with Gasteiger partial charge in [-0.2, -0.15) is 4.39 Å². The Morgan fingerprint density at radius 1 is 0.778 bits per heavy atom. The molecule has 140 valence electrons. The average Bonchev–Trinajstić information content (AvgIpc) is 2.68. The van der Waals surface area contributed by atoms with E-state index in [1.54, 1.807) is 13.0 Å². The van der Waals surface area contributed by atoms with Gasteiger partial charge in [0.1, 0.15) is 5.82 Å². The predicted octanol–water partition coefficient (Wildman–Crippen LogP) is 6.95. The van der Waals surface area contributed by atoms with E-state index in [1.165, 1.54) is 24.3 Å². The van der Waals surface area contributed by atoms with Crippen molar-refractivity contribution in [3.8, 4) is 28.0 Å². The van der Waals surface area contributed by atoms with E-state index in [-0.39, 0.29) is 23.5 Å². The molecule has 1 nitrogen and oxygen atoms in total. The van der Waals surface area contributed by atoms with Crippen LogP contribution in [-0.2, 0) is 0 Å². The van der Waals surface area contributed by atoms with Gasteiger partial charge in [0.05, 0.1) is 6.61 Å². The van der Waals surface area contributed by atoms with Crippen LogP contribution in [0.5, 0.6) is 5.75 Å². The van der Waals surface area contributed by atoms with Gasteiger partial charge in [-0.1, -0.05) is 42.0 Å². The first-order valence-corrected chi connectivity index (χ1v) is 8.49. The molecule has 4 heteroatoms. The van der Waals surface area contributed by atoms with Crippen LogP contribution in [-0.4, -0.2) is 6.61 Å². The second-order valence-corrected chi connectivity index (χ2v) is 5.73. The number of hydrogen-bond acceptors (Lipinski definition) is 1. The van der Waals surface area contributed by atoms with Crippen LogP contribution in [0, 0.1) is 24.4 Å². The van der Waals surface area contributed by atoms with Gasteiger partial charge in [0.15, 0.2) is 11.6 Å². The highest BCUT2D eigenvalue weighted by Crippen LogP contribution is 2.33. The lowest BCUT2D eigenvalue weighted by Gasteiger charge is -2.11. The fraction of sp³-hybridized carbons (Fsp3) is 0.130. The minimum atomic E-state index is -1.12. The van der Waals surface area contributed by atoms with Crippen molar-refractivity contribution in [3.63, 3.8) is 0 Å². The van der Waals surface area contributed by atoms with Crippen molar-refractivity contribution in [2.75, 3.05) is 6.61 Å². The first-order valence-electron chi connectivity index (χ1n) is 8.49. The van der Waals surface area contributed by atoms with Crippen molar-refractivity contribution in [1.82, 2.24) is 0 Å². The third kappa shape index (κ3) is 4.40. The number of aryl methyl sites for hydroxylation is 1. The molecule has 0 aromatic heterocycles. The molecule has 0 N–H and O–H groups in total. The highest BCUT2D eigenvalue weighted by molar-refractivity contribution is 5.72. The smallest absolute Gasteiger partial charge is 0.201 e. The summed E-state index contributed by atoms with van der Waals surface area (Å²) < 4.78 is 47.9. The van der Waals surface area contributed by atoms with Crippen LogP contribution < -0.4 is 4.74 Å². The Morgan fingerprint density at radius 2 is 1.37 bits per heavy atom. The van der Waals surface area contributed by atoms with Gasteiger partial charge >= 0.3 is 0 Å². The maximum absolute atomic E-state index is 14.5. The summed E-state index contributed by atoms with van der Waals surface area (Å²) in [5.41, 5.74) is 2.51. The molecular weight excluding hydrogens is 349 g/mol. The van der Waals surface area contributed by atoms with Gasteiger partial charge in [0, 0.05) is 11.1 Å². The molecule has 0 spiro atoms. The molecule has 0 bridgehead atoms. The largest absolute Gasteiger partial charge is 0.491 e. The Morgan fingerprint density at radius 3 is 1.96 bits per heavy atom. The fourth-order valence-electron chi connectivity index (χ4n) is 2.67. The predicted molar refractivity (Wildman–Crippen MR) is 104 cm³/mol. The van der Waals surface area contributed by atoms with Gasteiger partial charge in [-0.15, -0.1) is 13.2 Å². The second kappa shape index (κ2) is 9.08. The number of rotatable bonds is 4. The Balaban J connectivity index is 0.00000126. The lowest BCUT2D eigenvalue weighted by molar-refractivity contribution is 0.314. The van der Waals surface area contributed by atoms with E-state index in [1.807, 2.05) is 31.2 Å². The molecule has 0 aliphatic heterocycles. The Labute approximate surface area is 157 Å². The van der Waals surface area contributed by atoms with Crippen molar-refractivity contribution in [1.29, 1.82) is 0 Å². The van der Waals surface area contributed by atoms with Crippen LogP contribution >= 0.6 is 0 Å². The van der Waals surface area contributed by atoms with E-state index in [9.17, 15) is 13.2 Å². The average molecular weight is 370 g/mol. The molecular formula is C23H21F3O. The van der Waals surface area contributed by atoms with E-state index < -0.39 is 17.5 Å². The monoisotopic (exact) mass is 370 g/mol. The first-order chi connectivity index (χ1) is 13.0. The maximum Gasteiger partial charge on any atom is 0.201 e.